The number of benzene rings is 2. The highest BCUT2D eigenvalue weighted by Gasteiger charge is 2.31. The number of hydrogen-bond donors (Lipinski definition) is 4. The first-order valence-electron chi connectivity index (χ1n) is 16.7. The predicted molar refractivity (Wildman–Crippen MR) is 204 cm³/mol. The van der Waals surface area contributed by atoms with Crippen LogP contribution in [0.1, 0.15) is 44.6 Å². The maximum atomic E-state index is 14.5. The number of nitrogens with zero attached hydrogens (tertiary/aromatic N) is 5. The SMILES string of the molecule is C#CCN1C(=O)COc2cc(F)c(/N=c3\snc4n3CC(C)(C)C4)cc21.CCc1cccc(CC)c1N(COC)C(=O)CCl.O=C(O)CNCP(=O)(O)O. The predicted octanol–water partition coefficient (Wildman–Crippen LogP) is 4.04. The number of terminal acetylenes is 1. The molecule has 3 heterocycles. The van der Waals surface area contributed by atoms with Crippen LogP contribution in [-0.2, 0) is 49.5 Å². The highest BCUT2D eigenvalue weighted by atomic mass is 35.5. The van der Waals surface area contributed by atoms with Gasteiger partial charge in [0, 0.05) is 37.7 Å². The molecule has 19 heteroatoms. The fraction of sp³-hybridized carbons (Fsp3) is 0.457. The number of fused-ring (bicyclic) bond motifs is 2. The van der Waals surface area contributed by atoms with Gasteiger partial charge in [0.2, 0.25) is 10.7 Å². The quantitative estimate of drug-likeness (QED) is 0.0893. The lowest BCUT2D eigenvalue weighted by molar-refractivity contribution is -0.135. The Balaban J connectivity index is 0.000000244. The maximum Gasteiger partial charge on any atom is 0.339 e. The lowest BCUT2D eigenvalue weighted by Gasteiger charge is -2.28. The fourth-order valence-electron chi connectivity index (χ4n) is 5.58. The van der Waals surface area contributed by atoms with Gasteiger partial charge in [-0.25, -0.2) is 9.38 Å². The molecule has 1 aromatic heterocycles. The number of carboxylic acids is 1. The summed E-state index contributed by atoms with van der Waals surface area (Å²) < 4.78 is 41.5. The van der Waals surface area contributed by atoms with Gasteiger partial charge < -0.3 is 28.9 Å². The van der Waals surface area contributed by atoms with E-state index >= 15 is 0 Å². The Labute approximate surface area is 322 Å². The number of carbonyl (C=O) groups is 3. The third-order valence-corrected chi connectivity index (χ3v) is 9.58. The van der Waals surface area contributed by atoms with Crippen LogP contribution in [0.5, 0.6) is 5.75 Å². The van der Waals surface area contributed by atoms with Gasteiger partial charge in [-0.1, -0.05) is 51.8 Å². The minimum atomic E-state index is -4.10. The molecule has 54 heavy (non-hydrogen) atoms. The number of rotatable bonds is 12. The van der Waals surface area contributed by atoms with E-state index in [-0.39, 0.29) is 48.7 Å². The normalized spacial score (nSPS) is 14.4. The zero-order valence-electron chi connectivity index (χ0n) is 30.7. The third-order valence-electron chi connectivity index (χ3n) is 7.94. The fourth-order valence-corrected chi connectivity index (χ4v) is 6.88. The van der Waals surface area contributed by atoms with E-state index in [4.69, 9.17) is 42.4 Å². The van der Waals surface area contributed by atoms with E-state index in [2.05, 4.69) is 48.3 Å². The number of amides is 2. The van der Waals surface area contributed by atoms with Crippen molar-refractivity contribution >= 4 is 65.6 Å². The van der Waals surface area contributed by atoms with Crippen LogP contribution in [0.15, 0.2) is 35.3 Å². The number of aryl methyl sites for hydroxylation is 2. The van der Waals surface area contributed by atoms with Crippen LogP contribution < -0.4 is 24.7 Å². The second kappa shape index (κ2) is 20.0. The number of alkyl halides is 1. The molecule has 0 fully saturated rings. The summed E-state index contributed by atoms with van der Waals surface area (Å²) in [5, 5.41) is 10.1. The van der Waals surface area contributed by atoms with E-state index in [0.29, 0.717) is 16.2 Å². The van der Waals surface area contributed by atoms with Crippen molar-refractivity contribution in [3.63, 3.8) is 0 Å². The average Bonchev–Trinajstić information content (AvgIpc) is 3.62. The Hall–Kier alpha value is -4.14. The van der Waals surface area contributed by atoms with Crippen LogP contribution >= 0.6 is 30.7 Å². The van der Waals surface area contributed by atoms with Crippen molar-refractivity contribution < 1.29 is 47.7 Å². The summed E-state index contributed by atoms with van der Waals surface area (Å²) in [5.41, 5.74) is 3.92. The van der Waals surface area contributed by atoms with Crippen LogP contribution in [0.4, 0.5) is 21.5 Å². The van der Waals surface area contributed by atoms with Crippen LogP contribution in [0.3, 0.4) is 0 Å². The highest BCUT2D eigenvalue weighted by Crippen LogP contribution is 2.38. The van der Waals surface area contributed by atoms with E-state index in [1.165, 1.54) is 28.6 Å². The molecule has 2 aliphatic rings. The summed E-state index contributed by atoms with van der Waals surface area (Å²) >= 11 is 6.92. The molecule has 0 spiro atoms. The van der Waals surface area contributed by atoms with E-state index in [0.717, 1.165) is 48.4 Å². The first-order valence-corrected chi connectivity index (χ1v) is 19.8. The molecule has 0 unspecified atom stereocenters. The Morgan fingerprint density at radius 2 is 1.93 bits per heavy atom. The zero-order chi connectivity index (χ0) is 40.2. The van der Waals surface area contributed by atoms with Crippen LogP contribution in [0, 0.1) is 23.6 Å². The van der Waals surface area contributed by atoms with Gasteiger partial charge in [-0.15, -0.1) is 18.0 Å². The van der Waals surface area contributed by atoms with Crippen molar-refractivity contribution in [2.24, 2.45) is 10.4 Å². The second-order valence-corrected chi connectivity index (χ2v) is 15.5. The molecule has 294 valence electrons. The first-order chi connectivity index (χ1) is 25.5. The minimum Gasteiger partial charge on any atom is -0.481 e. The van der Waals surface area contributed by atoms with Crippen molar-refractivity contribution in [2.75, 3.05) is 55.5 Å². The molecule has 2 amide bonds. The number of carbonyl (C=O) groups excluding carboxylic acids is 2. The highest BCUT2D eigenvalue weighted by molar-refractivity contribution is 7.51. The van der Waals surface area contributed by atoms with Crippen LogP contribution in [0.25, 0.3) is 0 Å². The molecule has 4 N–H and O–H groups in total. The molecular formula is C35H45ClFN6O9PS. The minimum absolute atomic E-state index is 0.0371. The van der Waals surface area contributed by atoms with Crippen molar-refractivity contribution in [3.05, 3.63) is 57.9 Å². The zero-order valence-corrected chi connectivity index (χ0v) is 33.1. The number of nitrogens with one attached hydrogen (secondary N) is 1. The number of carboxylic acid groups (broad SMARTS) is 1. The Morgan fingerprint density at radius 1 is 1.26 bits per heavy atom. The smallest absolute Gasteiger partial charge is 0.339 e. The summed E-state index contributed by atoms with van der Waals surface area (Å²) in [6.07, 6.45) is 7.37. The Bertz CT molecular complexity index is 1950. The van der Waals surface area contributed by atoms with Crippen molar-refractivity contribution in [1.82, 2.24) is 14.3 Å². The molecule has 0 radical (unpaired) electrons. The summed E-state index contributed by atoms with van der Waals surface area (Å²) in [4.78, 5) is 58.3. The molecule has 0 atom stereocenters. The number of ether oxygens (including phenoxy) is 2. The first kappa shape index (κ1) is 44.3. The molecule has 3 aromatic rings. The van der Waals surface area contributed by atoms with Crippen LogP contribution in [0.2, 0.25) is 0 Å². The van der Waals surface area contributed by atoms with Crippen molar-refractivity contribution in [2.45, 2.75) is 53.5 Å². The van der Waals surface area contributed by atoms with E-state index in [9.17, 15) is 23.3 Å². The molecule has 0 bridgehead atoms. The Morgan fingerprint density at radius 3 is 2.48 bits per heavy atom. The number of hydrogen-bond acceptors (Lipinski definition) is 10. The molecule has 0 aliphatic carbocycles. The van der Waals surface area contributed by atoms with Crippen molar-refractivity contribution in [1.29, 1.82) is 0 Å². The summed E-state index contributed by atoms with van der Waals surface area (Å²) in [6, 6.07) is 8.86. The van der Waals surface area contributed by atoms with E-state index < -0.39 is 32.2 Å². The molecule has 5 rings (SSSR count). The molecule has 0 saturated heterocycles. The number of methoxy groups -OCH3 is 1. The van der Waals surface area contributed by atoms with Gasteiger partial charge in [-0.05, 0) is 35.4 Å². The number of para-hydroxylation sites is 1. The topological polar surface area (TPSA) is 196 Å². The number of aliphatic carboxylic acids is 1. The summed E-state index contributed by atoms with van der Waals surface area (Å²) in [6.45, 7) is 9.00. The van der Waals surface area contributed by atoms with E-state index in [1.54, 1.807) is 12.0 Å². The van der Waals surface area contributed by atoms with Crippen LogP contribution in [-0.4, -0.2) is 87.3 Å². The monoisotopic (exact) mass is 810 g/mol. The largest absolute Gasteiger partial charge is 0.481 e. The van der Waals surface area contributed by atoms with Gasteiger partial charge in [0.05, 0.1) is 30.8 Å². The molecule has 0 saturated carbocycles. The van der Waals surface area contributed by atoms with Gasteiger partial charge in [0.1, 0.15) is 29.9 Å². The average molecular weight is 811 g/mol. The number of anilines is 2. The maximum absolute atomic E-state index is 14.5. The second-order valence-electron chi connectivity index (χ2n) is 12.8. The Kier molecular flexibility index (Phi) is 16.4. The van der Waals surface area contributed by atoms with Gasteiger partial charge in [0.15, 0.2) is 12.4 Å². The number of halogens is 2. The van der Waals surface area contributed by atoms with Gasteiger partial charge in [-0.2, -0.15) is 4.37 Å². The van der Waals surface area contributed by atoms with Gasteiger partial charge in [0.25, 0.3) is 5.91 Å². The number of aromatic nitrogens is 2. The van der Waals surface area contributed by atoms with E-state index in [1.807, 2.05) is 22.8 Å². The van der Waals surface area contributed by atoms with Gasteiger partial charge >= 0.3 is 13.6 Å². The summed E-state index contributed by atoms with van der Waals surface area (Å²) in [7, 11) is -2.52. The van der Waals surface area contributed by atoms with Gasteiger partial charge in [-0.3, -0.25) is 34.1 Å². The molecule has 2 aliphatic heterocycles. The molecular weight excluding hydrogens is 766 g/mol. The molecule has 2 aromatic carbocycles. The molecule has 15 nitrogen and oxygen atoms in total. The third kappa shape index (κ3) is 12.2. The summed E-state index contributed by atoms with van der Waals surface area (Å²) in [5.74, 6) is 1.61. The lowest BCUT2D eigenvalue weighted by atomic mass is 9.92. The lowest BCUT2D eigenvalue weighted by Crippen LogP contribution is -2.39. The standard InChI is InChI=1S/C18H17FN4O2S.C14H20ClNO2.C3H8NO5P/c1-4-5-22-13-7-12(11(19)6-14(13)25-9-16(22)24)20-17-23-10-18(2,3)8-15(23)21-26-17;1-4-11-7-6-8-12(5-2)14(11)16(10-18-3)13(17)9-15;5-3(6)1-4-2-10(7,8)9/h1,6-7H,5,8-10H2,2-3H3;6-8H,4-5,9-10H2,1-3H3;4H,1-2H2,(H,5,6)(H2,7,8,9)/b20-17-;;. The van der Waals surface area contributed by atoms with Crippen molar-refractivity contribution in [3.8, 4) is 18.1 Å².